The Labute approximate surface area is 113 Å². The Bertz CT molecular complexity index is 353. The van der Waals surface area contributed by atoms with Crippen LogP contribution in [0.1, 0.15) is 26.7 Å². The molecule has 2 amide bonds. The third-order valence-corrected chi connectivity index (χ3v) is 3.09. The average Bonchev–Trinajstić information content (AvgIpc) is 3.19. The van der Waals surface area contributed by atoms with Gasteiger partial charge in [0.25, 0.3) is 0 Å². The van der Waals surface area contributed by atoms with Crippen molar-refractivity contribution in [1.82, 2.24) is 10.2 Å². The molecule has 19 heavy (non-hydrogen) atoms. The van der Waals surface area contributed by atoms with Gasteiger partial charge in [-0.2, -0.15) is 0 Å². The van der Waals surface area contributed by atoms with E-state index in [-0.39, 0.29) is 29.6 Å². The molecule has 0 radical (unpaired) electrons. The molecular weight excluding hydrogens is 248 g/mol. The van der Waals surface area contributed by atoms with Crippen LogP contribution in [-0.4, -0.2) is 49.4 Å². The van der Waals surface area contributed by atoms with E-state index in [1.54, 1.807) is 11.8 Å². The Hall–Kier alpha value is -1.59. The second-order valence-electron chi connectivity index (χ2n) is 4.97. The predicted molar refractivity (Wildman–Crippen MR) is 69.2 cm³/mol. The zero-order chi connectivity index (χ0) is 14.4. The molecule has 0 heterocycles. The van der Waals surface area contributed by atoms with Crippen LogP contribution in [0, 0.1) is 11.8 Å². The number of ether oxygens (including phenoxy) is 1. The minimum absolute atomic E-state index is 0.0705. The summed E-state index contributed by atoms with van der Waals surface area (Å²) in [5.74, 6) is -0.638. The summed E-state index contributed by atoms with van der Waals surface area (Å²) >= 11 is 0. The van der Waals surface area contributed by atoms with E-state index in [1.165, 1.54) is 14.0 Å². The number of esters is 1. The van der Waals surface area contributed by atoms with Gasteiger partial charge in [0.1, 0.15) is 0 Å². The van der Waals surface area contributed by atoms with Crippen LogP contribution in [0.2, 0.25) is 0 Å². The number of methoxy groups -OCH3 is 1. The third-order valence-electron chi connectivity index (χ3n) is 3.09. The van der Waals surface area contributed by atoms with E-state index in [0.29, 0.717) is 19.6 Å². The van der Waals surface area contributed by atoms with Crippen LogP contribution in [0.3, 0.4) is 0 Å². The van der Waals surface area contributed by atoms with Gasteiger partial charge in [0.05, 0.1) is 13.0 Å². The molecule has 0 aliphatic heterocycles. The highest BCUT2D eigenvalue weighted by molar-refractivity contribution is 5.82. The van der Waals surface area contributed by atoms with Gasteiger partial charge in [0, 0.05) is 32.5 Å². The van der Waals surface area contributed by atoms with Crippen molar-refractivity contribution in [3.05, 3.63) is 0 Å². The van der Waals surface area contributed by atoms with Crippen molar-refractivity contribution in [1.29, 1.82) is 0 Å². The normalized spacial score (nSPS) is 15.5. The minimum atomic E-state index is -0.356. The maximum absolute atomic E-state index is 12.1. The fourth-order valence-corrected chi connectivity index (χ4v) is 1.85. The Morgan fingerprint density at radius 3 is 2.47 bits per heavy atom. The number of hydrogen-bond donors (Lipinski definition) is 1. The van der Waals surface area contributed by atoms with Gasteiger partial charge in [0.2, 0.25) is 11.8 Å². The highest BCUT2D eigenvalue weighted by Gasteiger charge is 2.34. The molecule has 1 rings (SSSR count). The number of rotatable bonds is 7. The van der Waals surface area contributed by atoms with Crippen LogP contribution in [-0.2, 0) is 19.1 Å². The Morgan fingerprint density at radius 2 is 2.00 bits per heavy atom. The first-order valence-corrected chi connectivity index (χ1v) is 6.56. The molecule has 0 spiro atoms. The van der Waals surface area contributed by atoms with Crippen LogP contribution in [0.5, 0.6) is 0 Å². The van der Waals surface area contributed by atoms with E-state index in [9.17, 15) is 14.4 Å². The fourth-order valence-electron chi connectivity index (χ4n) is 1.85. The molecule has 0 aromatic heterocycles. The first-order valence-electron chi connectivity index (χ1n) is 6.56. The Morgan fingerprint density at radius 1 is 1.37 bits per heavy atom. The summed E-state index contributed by atoms with van der Waals surface area (Å²) in [5.41, 5.74) is 0. The lowest BCUT2D eigenvalue weighted by Crippen LogP contribution is -2.42. The van der Waals surface area contributed by atoms with Crippen molar-refractivity contribution < 1.29 is 19.1 Å². The number of carbonyl (C=O) groups is 3. The van der Waals surface area contributed by atoms with Crippen molar-refractivity contribution in [2.24, 2.45) is 11.8 Å². The standard InChI is InChI=1S/C13H22N2O4/c1-9(13(18)19-3)8-15(7-6-14-10(2)16)12(17)11-4-5-11/h9,11H,4-8H2,1-3H3,(H,14,16). The number of nitrogens with one attached hydrogen (secondary N) is 1. The Kier molecular flexibility index (Phi) is 5.79. The van der Waals surface area contributed by atoms with E-state index in [4.69, 9.17) is 0 Å². The summed E-state index contributed by atoms with van der Waals surface area (Å²) in [6, 6.07) is 0. The van der Waals surface area contributed by atoms with Gasteiger partial charge in [0.15, 0.2) is 0 Å². The smallest absolute Gasteiger partial charge is 0.310 e. The van der Waals surface area contributed by atoms with Crippen LogP contribution in [0.4, 0.5) is 0 Å². The molecule has 1 aliphatic carbocycles. The first kappa shape index (κ1) is 15.5. The molecule has 0 saturated heterocycles. The van der Waals surface area contributed by atoms with Crippen molar-refractivity contribution in [3.8, 4) is 0 Å². The fraction of sp³-hybridized carbons (Fsp3) is 0.769. The zero-order valence-corrected chi connectivity index (χ0v) is 11.8. The van der Waals surface area contributed by atoms with Crippen molar-refractivity contribution >= 4 is 17.8 Å². The summed E-state index contributed by atoms with van der Waals surface area (Å²) in [6.45, 7) is 4.33. The predicted octanol–water partition coefficient (Wildman–Crippen LogP) is 0.170. The van der Waals surface area contributed by atoms with Gasteiger partial charge >= 0.3 is 5.97 Å². The monoisotopic (exact) mass is 270 g/mol. The number of nitrogens with zero attached hydrogens (tertiary/aromatic N) is 1. The molecule has 1 atom stereocenters. The largest absolute Gasteiger partial charge is 0.469 e. The highest BCUT2D eigenvalue weighted by Crippen LogP contribution is 2.31. The molecule has 6 nitrogen and oxygen atoms in total. The molecular formula is C13H22N2O4. The first-order chi connectivity index (χ1) is 8.95. The van der Waals surface area contributed by atoms with Gasteiger partial charge in [-0.25, -0.2) is 0 Å². The maximum Gasteiger partial charge on any atom is 0.310 e. The molecule has 1 aliphatic rings. The van der Waals surface area contributed by atoms with Gasteiger partial charge in [-0.15, -0.1) is 0 Å². The lowest BCUT2D eigenvalue weighted by Gasteiger charge is -2.25. The Balaban J connectivity index is 2.50. The lowest BCUT2D eigenvalue weighted by molar-refractivity contribution is -0.146. The average molecular weight is 270 g/mol. The van der Waals surface area contributed by atoms with Crippen molar-refractivity contribution in [2.75, 3.05) is 26.7 Å². The SMILES string of the molecule is COC(=O)C(C)CN(CCNC(C)=O)C(=O)C1CC1. The molecule has 108 valence electrons. The van der Waals surface area contributed by atoms with Gasteiger partial charge in [-0.05, 0) is 12.8 Å². The van der Waals surface area contributed by atoms with Gasteiger partial charge in [-0.3, -0.25) is 14.4 Å². The van der Waals surface area contributed by atoms with Gasteiger partial charge < -0.3 is 15.0 Å². The van der Waals surface area contributed by atoms with E-state index in [1.807, 2.05) is 0 Å². The molecule has 1 unspecified atom stereocenters. The van der Waals surface area contributed by atoms with Crippen LogP contribution in [0.15, 0.2) is 0 Å². The number of amides is 2. The molecule has 0 aromatic rings. The molecule has 1 saturated carbocycles. The number of carbonyl (C=O) groups excluding carboxylic acids is 3. The second-order valence-corrected chi connectivity index (χ2v) is 4.97. The third kappa shape index (κ3) is 5.28. The van der Waals surface area contributed by atoms with E-state index < -0.39 is 0 Å². The summed E-state index contributed by atoms with van der Waals surface area (Å²) in [6.07, 6.45) is 1.84. The quantitative estimate of drug-likeness (QED) is 0.669. The van der Waals surface area contributed by atoms with Crippen LogP contribution in [0.25, 0.3) is 0 Å². The topological polar surface area (TPSA) is 75.7 Å². The van der Waals surface area contributed by atoms with Crippen LogP contribution >= 0.6 is 0 Å². The summed E-state index contributed by atoms with van der Waals surface area (Å²) < 4.78 is 4.66. The molecule has 0 aromatic carbocycles. The van der Waals surface area contributed by atoms with Crippen molar-refractivity contribution in [3.63, 3.8) is 0 Å². The highest BCUT2D eigenvalue weighted by atomic mass is 16.5. The molecule has 1 fully saturated rings. The lowest BCUT2D eigenvalue weighted by atomic mass is 10.1. The summed E-state index contributed by atoms with van der Waals surface area (Å²) in [5, 5.41) is 2.66. The maximum atomic E-state index is 12.1. The van der Waals surface area contributed by atoms with Crippen molar-refractivity contribution in [2.45, 2.75) is 26.7 Å². The van der Waals surface area contributed by atoms with E-state index >= 15 is 0 Å². The minimum Gasteiger partial charge on any atom is -0.469 e. The zero-order valence-electron chi connectivity index (χ0n) is 11.8. The summed E-state index contributed by atoms with van der Waals surface area (Å²) in [4.78, 5) is 36.0. The second kappa shape index (κ2) is 7.11. The number of hydrogen-bond acceptors (Lipinski definition) is 4. The van der Waals surface area contributed by atoms with Crippen LogP contribution < -0.4 is 5.32 Å². The van der Waals surface area contributed by atoms with E-state index in [2.05, 4.69) is 10.1 Å². The molecule has 1 N–H and O–H groups in total. The van der Waals surface area contributed by atoms with E-state index in [0.717, 1.165) is 12.8 Å². The summed E-state index contributed by atoms with van der Waals surface area (Å²) in [7, 11) is 1.34. The molecule has 0 bridgehead atoms. The van der Waals surface area contributed by atoms with Gasteiger partial charge in [-0.1, -0.05) is 6.92 Å². The molecule has 6 heteroatoms.